The Kier molecular flexibility index (Phi) is 4.45. The number of pyridine rings is 1. The van der Waals surface area contributed by atoms with Gasteiger partial charge in [-0.2, -0.15) is 0 Å². The van der Waals surface area contributed by atoms with Crippen LogP contribution in [0.25, 0.3) is 0 Å². The third-order valence-electron chi connectivity index (χ3n) is 3.14. The molecule has 1 aromatic rings. The molecule has 17 heavy (non-hydrogen) atoms. The number of aromatic nitrogens is 1. The molecule has 0 amide bonds. The second-order valence-electron chi connectivity index (χ2n) is 4.52. The highest BCUT2D eigenvalue weighted by Gasteiger charge is 2.16. The van der Waals surface area contributed by atoms with Gasteiger partial charge in [0.2, 0.25) is 0 Å². The van der Waals surface area contributed by atoms with Gasteiger partial charge in [-0.1, -0.05) is 0 Å². The van der Waals surface area contributed by atoms with Gasteiger partial charge in [-0.15, -0.1) is 0 Å². The van der Waals surface area contributed by atoms with E-state index in [0.29, 0.717) is 18.1 Å². The number of hydrogen-bond acceptors (Lipinski definition) is 3. The highest BCUT2D eigenvalue weighted by Crippen LogP contribution is 2.22. The molecular weight excluding hydrogens is 221 g/mol. The molecule has 1 aliphatic heterocycles. The van der Waals surface area contributed by atoms with Crippen LogP contribution in [-0.2, 0) is 4.74 Å². The minimum Gasteiger partial charge on any atom is -0.388 e. The highest BCUT2D eigenvalue weighted by molar-refractivity contribution is 5.12. The predicted molar refractivity (Wildman–Crippen MR) is 62.0 cm³/mol. The van der Waals surface area contributed by atoms with Crippen LogP contribution in [0.3, 0.4) is 0 Å². The molecule has 0 bridgehead atoms. The van der Waals surface area contributed by atoms with Gasteiger partial charge in [0.05, 0.1) is 18.4 Å². The summed E-state index contributed by atoms with van der Waals surface area (Å²) in [7, 11) is 0. The molecule has 0 aromatic carbocycles. The largest absolute Gasteiger partial charge is 0.388 e. The van der Waals surface area contributed by atoms with E-state index in [9.17, 15) is 9.50 Å². The SMILES string of the molecule is OC(CCCC1CCCO1)c1cncc(F)c1. The van der Waals surface area contributed by atoms with E-state index in [0.717, 1.165) is 38.5 Å². The number of halogens is 1. The summed E-state index contributed by atoms with van der Waals surface area (Å²) in [4.78, 5) is 3.73. The smallest absolute Gasteiger partial charge is 0.141 e. The van der Waals surface area contributed by atoms with Gasteiger partial charge in [-0.05, 0) is 38.2 Å². The first-order valence-corrected chi connectivity index (χ1v) is 6.16. The molecule has 2 unspecified atom stereocenters. The van der Waals surface area contributed by atoms with Crippen LogP contribution in [0, 0.1) is 5.82 Å². The molecular formula is C13H18FNO2. The third-order valence-corrected chi connectivity index (χ3v) is 3.14. The zero-order valence-electron chi connectivity index (χ0n) is 9.81. The van der Waals surface area contributed by atoms with Crippen molar-refractivity contribution in [2.45, 2.75) is 44.3 Å². The molecule has 0 saturated carbocycles. The summed E-state index contributed by atoms with van der Waals surface area (Å²) >= 11 is 0. The molecule has 0 spiro atoms. The van der Waals surface area contributed by atoms with E-state index in [1.54, 1.807) is 0 Å². The number of aliphatic hydroxyl groups is 1. The number of nitrogens with zero attached hydrogens (tertiary/aromatic N) is 1. The van der Waals surface area contributed by atoms with Gasteiger partial charge in [-0.3, -0.25) is 4.98 Å². The summed E-state index contributed by atoms with van der Waals surface area (Å²) in [6, 6.07) is 1.34. The van der Waals surface area contributed by atoms with E-state index >= 15 is 0 Å². The molecule has 2 atom stereocenters. The maximum absolute atomic E-state index is 12.9. The molecule has 0 radical (unpaired) electrons. The highest BCUT2D eigenvalue weighted by atomic mass is 19.1. The number of ether oxygens (including phenoxy) is 1. The molecule has 1 fully saturated rings. The van der Waals surface area contributed by atoms with Crippen molar-refractivity contribution in [2.24, 2.45) is 0 Å². The maximum atomic E-state index is 12.9. The van der Waals surface area contributed by atoms with Gasteiger partial charge >= 0.3 is 0 Å². The first-order chi connectivity index (χ1) is 8.25. The van der Waals surface area contributed by atoms with E-state index in [-0.39, 0.29) is 0 Å². The third kappa shape index (κ3) is 3.75. The topological polar surface area (TPSA) is 42.4 Å². The normalized spacial score (nSPS) is 21.6. The molecule has 1 N–H and O–H groups in total. The average molecular weight is 239 g/mol. The summed E-state index contributed by atoms with van der Waals surface area (Å²) < 4.78 is 18.4. The molecule has 1 aliphatic rings. The van der Waals surface area contributed by atoms with E-state index in [1.807, 2.05) is 0 Å². The molecule has 0 aliphatic carbocycles. The summed E-state index contributed by atoms with van der Waals surface area (Å²) in [6.07, 6.45) is 7.14. The molecule has 94 valence electrons. The van der Waals surface area contributed by atoms with Crippen LogP contribution < -0.4 is 0 Å². The summed E-state index contributed by atoms with van der Waals surface area (Å²) in [6.45, 7) is 0.862. The average Bonchev–Trinajstić information content (AvgIpc) is 2.82. The Bertz CT molecular complexity index is 353. The van der Waals surface area contributed by atoms with Crippen molar-refractivity contribution in [3.05, 3.63) is 29.8 Å². The van der Waals surface area contributed by atoms with Crippen LogP contribution in [0.4, 0.5) is 4.39 Å². The number of hydrogen-bond donors (Lipinski definition) is 1. The Balaban J connectivity index is 1.74. The lowest BCUT2D eigenvalue weighted by atomic mass is 10.0. The lowest BCUT2D eigenvalue weighted by Crippen LogP contribution is -2.06. The van der Waals surface area contributed by atoms with Crippen LogP contribution in [0.1, 0.15) is 43.8 Å². The molecule has 4 heteroatoms. The summed E-state index contributed by atoms with van der Waals surface area (Å²) in [5.41, 5.74) is 0.553. The van der Waals surface area contributed by atoms with Gasteiger partial charge in [-0.25, -0.2) is 4.39 Å². The second-order valence-corrected chi connectivity index (χ2v) is 4.52. The van der Waals surface area contributed by atoms with Crippen molar-refractivity contribution >= 4 is 0 Å². The molecule has 2 heterocycles. The second kappa shape index (κ2) is 6.07. The fraction of sp³-hybridized carbons (Fsp3) is 0.615. The van der Waals surface area contributed by atoms with Crippen LogP contribution in [0.2, 0.25) is 0 Å². The maximum Gasteiger partial charge on any atom is 0.141 e. The lowest BCUT2D eigenvalue weighted by molar-refractivity contribution is 0.0944. The molecule has 1 aromatic heterocycles. The Labute approximate surface area is 101 Å². The first-order valence-electron chi connectivity index (χ1n) is 6.16. The van der Waals surface area contributed by atoms with Crippen molar-refractivity contribution < 1.29 is 14.2 Å². The molecule has 3 nitrogen and oxygen atoms in total. The van der Waals surface area contributed by atoms with Crippen LogP contribution in [0.15, 0.2) is 18.5 Å². The van der Waals surface area contributed by atoms with E-state index in [4.69, 9.17) is 4.74 Å². The fourth-order valence-electron chi connectivity index (χ4n) is 2.19. The Morgan fingerprint density at radius 1 is 1.53 bits per heavy atom. The minimum atomic E-state index is -0.625. The van der Waals surface area contributed by atoms with E-state index < -0.39 is 11.9 Å². The van der Waals surface area contributed by atoms with Crippen molar-refractivity contribution in [1.82, 2.24) is 4.98 Å². The zero-order chi connectivity index (χ0) is 12.1. The Morgan fingerprint density at radius 3 is 3.12 bits per heavy atom. The quantitative estimate of drug-likeness (QED) is 0.858. The van der Waals surface area contributed by atoms with Crippen molar-refractivity contribution in [2.75, 3.05) is 6.61 Å². The van der Waals surface area contributed by atoms with Gasteiger partial charge in [0, 0.05) is 18.4 Å². The minimum absolute atomic E-state index is 0.354. The lowest BCUT2D eigenvalue weighted by Gasteiger charge is -2.12. The van der Waals surface area contributed by atoms with E-state index in [2.05, 4.69) is 4.98 Å². The Hall–Kier alpha value is -1.00. The summed E-state index contributed by atoms with van der Waals surface area (Å²) in [5.74, 6) is -0.402. The fourth-order valence-corrected chi connectivity index (χ4v) is 2.19. The monoisotopic (exact) mass is 239 g/mol. The van der Waals surface area contributed by atoms with Crippen LogP contribution in [-0.4, -0.2) is 22.8 Å². The summed E-state index contributed by atoms with van der Waals surface area (Å²) in [5, 5.41) is 9.87. The Morgan fingerprint density at radius 2 is 2.41 bits per heavy atom. The predicted octanol–water partition coefficient (Wildman–Crippen LogP) is 2.60. The molecule has 2 rings (SSSR count). The van der Waals surface area contributed by atoms with Gasteiger partial charge in [0.1, 0.15) is 5.82 Å². The molecule has 1 saturated heterocycles. The van der Waals surface area contributed by atoms with E-state index in [1.165, 1.54) is 12.3 Å². The van der Waals surface area contributed by atoms with Gasteiger partial charge in [0.25, 0.3) is 0 Å². The number of aliphatic hydroxyl groups excluding tert-OH is 1. The standard InChI is InChI=1S/C13H18FNO2/c14-11-7-10(8-15-9-11)13(16)5-1-3-12-4-2-6-17-12/h7-9,12-13,16H,1-6H2. The zero-order valence-corrected chi connectivity index (χ0v) is 9.81. The van der Waals surface area contributed by atoms with Crippen molar-refractivity contribution in [3.63, 3.8) is 0 Å². The van der Waals surface area contributed by atoms with Gasteiger partial charge < -0.3 is 9.84 Å². The number of rotatable bonds is 5. The van der Waals surface area contributed by atoms with Crippen LogP contribution >= 0.6 is 0 Å². The van der Waals surface area contributed by atoms with Crippen molar-refractivity contribution in [3.8, 4) is 0 Å². The van der Waals surface area contributed by atoms with Crippen molar-refractivity contribution in [1.29, 1.82) is 0 Å². The van der Waals surface area contributed by atoms with Crippen LogP contribution in [0.5, 0.6) is 0 Å². The first kappa shape index (κ1) is 12.5. The van der Waals surface area contributed by atoms with Gasteiger partial charge in [0.15, 0.2) is 0 Å².